The van der Waals surface area contributed by atoms with Crippen LogP contribution in [0.5, 0.6) is 0 Å². The third kappa shape index (κ3) is 6.25. The minimum atomic E-state index is -1.06. The van der Waals surface area contributed by atoms with Gasteiger partial charge in [0.25, 0.3) is 0 Å². The van der Waals surface area contributed by atoms with Crippen molar-refractivity contribution in [3.8, 4) is 0 Å². The predicted molar refractivity (Wildman–Crippen MR) is 80.3 cm³/mol. The number of nitrogens with one attached hydrogen (secondary N) is 1. The van der Waals surface area contributed by atoms with Gasteiger partial charge >= 0.3 is 11.9 Å². The second-order valence-corrected chi connectivity index (χ2v) is 4.72. The lowest BCUT2D eigenvalue weighted by molar-refractivity contribution is -0.142. The molecule has 0 bridgehead atoms. The second kappa shape index (κ2) is 8.66. The summed E-state index contributed by atoms with van der Waals surface area (Å²) in [5, 5.41) is 11.9. The average molecular weight is 308 g/mol. The molecule has 1 rings (SSSR count). The zero-order valence-electron chi connectivity index (χ0n) is 12.4. The van der Waals surface area contributed by atoms with Crippen molar-refractivity contribution in [2.24, 2.45) is 5.73 Å². The van der Waals surface area contributed by atoms with Crippen LogP contribution in [0.2, 0.25) is 0 Å². The van der Waals surface area contributed by atoms with Gasteiger partial charge in [-0.2, -0.15) is 0 Å². The van der Waals surface area contributed by atoms with Crippen LogP contribution in [0.1, 0.15) is 25.3 Å². The molecule has 0 heterocycles. The van der Waals surface area contributed by atoms with Crippen molar-refractivity contribution < 1.29 is 24.2 Å². The number of carboxylic acid groups (broad SMARTS) is 1. The highest BCUT2D eigenvalue weighted by Gasteiger charge is 2.17. The Labute approximate surface area is 128 Å². The monoisotopic (exact) mass is 308 g/mol. The molecule has 1 aromatic carbocycles. The fourth-order valence-electron chi connectivity index (χ4n) is 1.84. The summed E-state index contributed by atoms with van der Waals surface area (Å²) >= 11 is 0. The molecule has 1 atom stereocenters. The molecule has 0 aliphatic carbocycles. The average Bonchev–Trinajstić information content (AvgIpc) is 2.45. The fraction of sp³-hybridized carbons (Fsp3) is 0.400. The van der Waals surface area contributed by atoms with Gasteiger partial charge in [-0.15, -0.1) is 0 Å². The first kappa shape index (κ1) is 17.5. The number of carbonyl (C=O) groups is 3. The maximum atomic E-state index is 11.4. The summed E-state index contributed by atoms with van der Waals surface area (Å²) in [4.78, 5) is 33.2. The van der Waals surface area contributed by atoms with E-state index in [1.54, 1.807) is 31.2 Å². The highest BCUT2D eigenvalue weighted by atomic mass is 16.5. The topological polar surface area (TPSA) is 119 Å². The second-order valence-electron chi connectivity index (χ2n) is 4.72. The molecular formula is C15H20N2O5. The Morgan fingerprint density at radius 1 is 1.27 bits per heavy atom. The fourth-order valence-corrected chi connectivity index (χ4v) is 1.84. The van der Waals surface area contributed by atoms with Gasteiger partial charge in [-0.1, -0.05) is 12.1 Å². The van der Waals surface area contributed by atoms with E-state index >= 15 is 0 Å². The van der Waals surface area contributed by atoms with Crippen LogP contribution in [0.4, 0.5) is 5.69 Å². The molecule has 7 nitrogen and oxygen atoms in total. The number of nitrogens with two attached hydrogens (primary N) is 1. The lowest BCUT2D eigenvalue weighted by atomic mass is 10.1. The van der Waals surface area contributed by atoms with E-state index in [-0.39, 0.29) is 25.2 Å². The third-order valence-electron chi connectivity index (χ3n) is 2.93. The van der Waals surface area contributed by atoms with E-state index in [1.807, 2.05) is 0 Å². The van der Waals surface area contributed by atoms with E-state index in [4.69, 9.17) is 15.6 Å². The van der Waals surface area contributed by atoms with Gasteiger partial charge in [0.15, 0.2) is 0 Å². The molecular weight excluding hydrogens is 288 g/mol. The number of rotatable bonds is 9. The number of primary amides is 1. The van der Waals surface area contributed by atoms with Crippen LogP contribution in [-0.2, 0) is 25.5 Å². The lowest BCUT2D eigenvalue weighted by Gasteiger charge is -2.15. The molecule has 0 aliphatic heterocycles. The van der Waals surface area contributed by atoms with Crippen LogP contribution in [0.25, 0.3) is 0 Å². The number of carbonyl (C=O) groups excluding carboxylic acids is 2. The molecule has 0 saturated carbocycles. The molecule has 1 unspecified atom stereocenters. The van der Waals surface area contributed by atoms with E-state index in [9.17, 15) is 14.4 Å². The number of hydrogen-bond acceptors (Lipinski definition) is 5. The van der Waals surface area contributed by atoms with Crippen molar-refractivity contribution >= 4 is 23.5 Å². The normalized spacial score (nSPS) is 11.5. The van der Waals surface area contributed by atoms with E-state index in [0.717, 1.165) is 5.56 Å². The van der Waals surface area contributed by atoms with Gasteiger partial charge in [-0.3, -0.25) is 9.59 Å². The maximum absolute atomic E-state index is 11.4. The summed E-state index contributed by atoms with van der Waals surface area (Å²) in [6.07, 6.45) is 0.262. The molecule has 0 aromatic heterocycles. The molecule has 120 valence electrons. The van der Waals surface area contributed by atoms with Gasteiger partial charge in [0, 0.05) is 12.1 Å². The Morgan fingerprint density at radius 3 is 2.41 bits per heavy atom. The molecule has 22 heavy (non-hydrogen) atoms. The quantitative estimate of drug-likeness (QED) is 0.584. The van der Waals surface area contributed by atoms with Crippen molar-refractivity contribution in [2.75, 3.05) is 11.9 Å². The molecule has 1 aromatic rings. The van der Waals surface area contributed by atoms with Gasteiger partial charge in [0.2, 0.25) is 5.91 Å². The molecule has 0 aliphatic rings. The van der Waals surface area contributed by atoms with Crippen LogP contribution in [-0.4, -0.2) is 35.6 Å². The molecule has 0 saturated heterocycles. The number of amides is 1. The first-order chi connectivity index (χ1) is 10.4. The molecule has 4 N–H and O–H groups in total. The smallest absolute Gasteiger partial charge is 0.326 e. The van der Waals surface area contributed by atoms with E-state index in [2.05, 4.69) is 5.32 Å². The van der Waals surface area contributed by atoms with Gasteiger partial charge in [0.1, 0.15) is 6.04 Å². The first-order valence-corrected chi connectivity index (χ1v) is 6.94. The number of anilines is 1. The van der Waals surface area contributed by atoms with Crippen LogP contribution < -0.4 is 11.1 Å². The number of benzene rings is 1. The van der Waals surface area contributed by atoms with Crippen molar-refractivity contribution in [3.05, 3.63) is 29.8 Å². The number of aliphatic carboxylic acids is 1. The van der Waals surface area contributed by atoms with Gasteiger partial charge in [-0.25, -0.2) is 4.79 Å². The molecule has 0 radical (unpaired) electrons. The van der Waals surface area contributed by atoms with Crippen LogP contribution in [0, 0.1) is 0 Å². The van der Waals surface area contributed by atoms with Crippen LogP contribution in [0.3, 0.4) is 0 Å². The third-order valence-corrected chi connectivity index (χ3v) is 2.93. The highest BCUT2D eigenvalue weighted by molar-refractivity contribution is 5.79. The standard InChI is InChI=1S/C15H20N2O5/c1-2-22-14(19)9-10-3-5-11(6-4-10)17-12(15(20)21)7-8-13(16)18/h3-6,12,17H,2,7-9H2,1H3,(H2,16,18)(H,20,21). The number of hydrogen-bond donors (Lipinski definition) is 3. The van der Waals surface area contributed by atoms with Gasteiger partial charge in [-0.05, 0) is 31.0 Å². The van der Waals surface area contributed by atoms with Crippen LogP contribution in [0.15, 0.2) is 24.3 Å². The summed E-state index contributed by atoms with van der Waals surface area (Å²) < 4.78 is 4.85. The molecule has 0 spiro atoms. The Morgan fingerprint density at radius 2 is 1.91 bits per heavy atom. The van der Waals surface area contributed by atoms with Crippen molar-refractivity contribution in [1.29, 1.82) is 0 Å². The molecule has 0 fully saturated rings. The number of esters is 1. The Hall–Kier alpha value is -2.57. The number of ether oxygens (including phenoxy) is 1. The SMILES string of the molecule is CCOC(=O)Cc1ccc(NC(CCC(N)=O)C(=O)O)cc1. The largest absolute Gasteiger partial charge is 0.480 e. The zero-order valence-corrected chi connectivity index (χ0v) is 12.4. The van der Waals surface area contributed by atoms with E-state index in [0.29, 0.717) is 12.3 Å². The molecule has 7 heteroatoms. The summed E-state index contributed by atoms with van der Waals surface area (Å²) in [5.41, 5.74) is 6.38. The summed E-state index contributed by atoms with van der Waals surface area (Å²) in [7, 11) is 0. The van der Waals surface area contributed by atoms with Crippen molar-refractivity contribution in [1.82, 2.24) is 0 Å². The summed E-state index contributed by atoms with van der Waals surface area (Å²) in [5.74, 6) is -1.91. The zero-order chi connectivity index (χ0) is 16.5. The Balaban J connectivity index is 2.62. The highest BCUT2D eigenvalue weighted by Crippen LogP contribution is 2.13. The van der Waals surface area contributed by atoms with Crippen molar-refractivity contribution in [2.45, 2.75) is 32.2 Å². The van der Waals surface area contributed by atoms with Gasteiger partial charge < -0.3 is 20.9 Å². The van der Waals surface area contributed by atoms with Gasteiger partial charge in [0.05, 0.1) is 13.0 Å². The molecule has 1 amide bonds. The summed E-state index contributed by atoms with van der Waals surface area (Å²) in [6.45, 7) is 2.07. The Bertz CT molecular complexity index is 527. The van der Waals surface area contributed by atoms with E-state index < -0.39 is 17.9 Å². The van der Waals surface area contributed by atoms with Crippen LogP contribution >= 0.6 is 0 Å². The lowest BCUT2D eigenvalue weighted by Crippen LogP contribution is -2.30. The minimum absolute atomic E-state index is 0.00902. The first-order valence-electron chi connectivity index (χ1n) is 6.94. The Kier molecular flexibility index (Phi) is 6.88. The predicted octanol–water partition coefficient (Wildman–Crippen LogP) is 0.923. The minimum Gasteiger partial charge on any atom is -0.480 e. The van der Waals surface area contributed by atoms with Crippen molar-refractivity contribution in [3.63, 3.8) is 0 Å². The maximum Gasteiger partial charge on any atom is 0.326 e. The number of carboxylic acids is 1. The van der Waals surface area contributed by atoms with E-state index in [1.165, 1.54) is 0 Å². The summed E-state index contributed by atoms with van der Waals surface area (Å²) in [6, 6.07) is 5.88.